The minimum absolute atomic E-state index is 0.0819. The molecule has 1 atom stereocenters. The van der Waals surface area contributed by atoms with Crippen molar-refractivity contribution < 1.29 is 28.5 Å². The van der Waals surface area contributed by atoms with E-state index in [0.29, 0.717) is 64.5 Å². The standard InChI is InChI=1S/C28H42N6O6S/c1-7-9-24-23(18-39-19-27(36)32(6)37)20(3)25(17-35)34(24)30-28(29-4)22-16-21(10-11-26(22)40-8-2)41(38)33-14-12-31(5)13-15-33/h10-11,16-17,37H,7-9,12-15,18-19H2,1-6H3,(H,29,30). The van der Waals surface area contributed by atoms with Gasteiger partial charge < -0.3 is 14.4 Å². The first kappa shape index (κ1) is 32.4. The number of nitrogens with zero attached hydrogens (tertiary/aromatic N) is 5. The smallest absolute Gasteiger partial charge is 0.271 e. The lowest BCUT2D eigenvalue weighted by Gasteiger charge is -2.31. The van der Waals surface area contributed by atoms with Gasteiger partial charge >= 0.3 is 0 Å². The van der Waals surface area contributed by atoms with E-state index in [4.69, 9.17) is 9.47 Å². The van der Waals surface area contributed by atoms with Crippen LogP contribution in [0.15, 0.2) is 28.1 Å². The lowest BCUT2D eigenvalue weighted by molar-refractivity contribution is -0.164. The van der Waals surface area contributed by atoms with Crippen LogP contribution in [0.5, 0.6) is 5.75 Å². The van der Waals surface area contributed by atoms with Gasteiger partial charge in [0.2, 0.25) is 0 Å². The molecule has 2 heterocycles. The summed E-state index contributed by atoms with van der Waals surface area (Å²) < 4.78 is 28.7. The Morgan fingerprint density at radius 3 is 2.54 bits per heavy atom. The Morgan fingerprint density at radius 1 is 1.24 bits per heavy atom. The Labute approximate surface area is 244 Å². The van der Waals surface area contributed by atoms with Crippen molar-refractivity contribution in [2.75, 3.05) is 66.0 Å². The number of aliphatic imine (C=N–C) groups is 1. The Bertz CT molecular complexity index is 1270. The van der Waals surface area contributed by atoms with Gasteiger partial charge in [0.1, 0.15) is 29.0 Å². The molecule has 1 saturated heterocycles. The van der Waals surface area contributed by atoms with Crippen LogP contribution in [0, 0.1) is 6.92 Å². The maximum Gasteiger partial charge on any atom is 0.271 e. The fraction of sp³-hybridized carbons (Fsp3) is 0.536. The molecule has 2 aromatic rings. The molecule has 0 bridgehead atoms. The largest absolute Gasteiger partial charge is 0.493 e. The Kier molecular flexibility index (Phi) is 12.0. The van der Waals surface area contributed by atoms with Crippen LogP contribution in [-0.2, 0) is 33.5 Å². The summed E-state index contributed by atoms with van der Waals surface area (Å²) in [6, 6.07) is 5.44. The maximum atomic E-state index is 13.5. The summed E-state index contributed by atoms with van der Waals surface area (Å²) in [5.41, 5.74) is 6.63. The van der Waals surface area contributed by atoms with Crippen LogP contribution in [0.4, 0.5) is 0 Å². The highest BCUT2D eigenvalue weighted by Gasteiger charge is 2.25. The summed E-state index contributed by atoms with van der Waals surface area (Å²) in [6.07, 6.45) is 2.18. The second-order valence-electron chi connectivity index (χ2n) is 9.81. The first-order chi connectivity index (χ1) is 19.7. The van der Waals surface area contributed by atoms with Crippen molar-refractivity contribution in [1.82, 2.24) is 18.9 Å². The number of amides is 1. The van der Waals surface area contributed by atoms with Crippen molar-refractivity contribution in [3.8, 4) is 5.75 Å². The number of rotatable bonds is 13. The molecule has 1 aliphatic heterocycles. The van der Waals surface area contributed by atoms with E-state index < -0.39 is 16.9 Å². The highest BCUT2D eigenvalue weighted by Crippen LogP contribution is 2.27. The zero-order valence-corrected chi connectivity index (χ0v) is 25.6. The molecule has 13 heteroatoms. The molecule has 41 heavy (non-hydrogen) atoms. The monoisotopic (exact) mass is 590 g/mol. The molecule has 2 N–H and O–H groups in total. The Morgan fingerprint density at radius 2 is 1.95 bits per heavy atom. The zero-order chi connectivity index (χ0) is 30.1. The molecular weight excluding hydrogens is 548 g/mol. The molecule has 0 spiro atoms. The minimum Gasteiger partial charge on any atom is -0.493 e. The molecular formula is C28H42N6O6S. The predicted octanol–water partition coefficient (Wildman–Crippen LogP) is 2.21. The zero-order valence-electron chi connectivity index (χ0n) is 24.8. The van der Waals surface area contributed by atoms with E-state index in [2.05, 4.69) is 22.4 Å². The number of carbonyl (C=O) groups excluding carboxylic acids is 2. The highest BCUT2D eigenvalue weighted by atomic mass is 32.2. The van der Waals surface area contributed by atoms with Crippen LogP contribution in [0.2, 0.25) is 0 Å². The SMILES string of the molecule is CCCc1c(COCC(=O)N(C)O)c(C)c(C=O)n1NC(=NC)c1cc(S(=O)N2CCN(C)CC2)ccc1OCC. The lowest BCUT2D eigenvalue weighted by atomic mass is 10.1. The molecule has 1 unspecified atom stereocenters. The van der Waals surface area contributed by atoms with E-state index in [-0.39, 0.29) is 13.2 Å². The maximum absolute atomic E-state index is 13.5. The van der Waals surface area contributed by atoms with Gasteiger partial charge in [0, 0.05) is 51.5 Å². The number of amidine groups is 1. The molecule has 1 aliphatic rings. The number of piperazine rings is 1. The van der Waals surface area contributed by atoms with Gasteiger partial charge in [0.05, 0.1) is 23.7 Å². The van der Waals surface area contributed by atoms with Crippen molar-refractivity contribution in [3.05, 3.63) is 46.3 Å². The number of aldehydes is 1. The van der Waals surface area contributed by atoms with Crippen molar-refractivity contribution in [2.24, 2.45) is 4.99 Å². The van der Waals surface area contributed by atoms with Crippen molar-refractivity contribution in [1.29, 1.82) is 0 Å². The quantitative estimate of drug-likeness (QED) is 0.120. The van der Waals surface area contributed by atoms with E-state index in [1.807, 2.05) is 37.2 Å². The van der Waals surface area contributed by atoms with Gasteiger partial charge in [0.25, 0.3) is 5.91 Å². The van der Waals surface area contributed by atoms with Crippen LogP contribution in [0.25, 0.3) is 0 Å². The molecule has 1 aromatic heterocycles. The molecule has 0 aliphatic carbocycles. The summed E-state index contributed by atoms with van der Waals surface area (Å²) in [4.78, 5) is 31.4. The molecule has 3 rings (SSSR count). The average Bonchev–Trinajstić information content (AvgIpc) is 3.21. The molecule has 1 amide bonds. The Balaban J connectivity index is 1.99. The van der Waals surface area contributed by atoms with E-state index in [1.54, 1.807) is 17.8 Å². The second kappa shape index (κ2) is 15.2. The van der Waals surface area contributed by atoms with E-state index in [9.17, 15) is 19.0 Å². The fourth-order valence-corrected chi connectivity index (χ4v) is 5.83. The number of likely N-dealkylation sites (N-methyl/N-ethyl adjacent to an activating group) is 2. The van der Waals surface area contributed by atoms with Gasteiger partial charge in [-0.3, -0.25) is 29.9 Å². The molecule has 226 valence electrons. The number of aromatic nitrogens is 1. The molecule has 1 aromatic carbocycles. The van der Waals surface area contributed by atoms with E-state index >= 15 is 0 Å². The van der Waals surface area contributed by atoms with Gasteiger partial charge in [-0.1, -0.05) is 13.3 Å². The van der Waals surface area contributed by atoms with Crippen LogP contribution in [0.3, 0.4) is 0 Å². The third-order valence-corrected chi connectivity index (χ3v) is 8.46. The summed E-state index contributed by atoms with van der Waals surface area (Å²) in [5, 5.41) is 9.81. The summed E-state index contributed by atoms with van der Waals surface area (Å²) in [5.74, 6) is 0.430. The number of hydrogen-bond donors (Lipinski definition) is 2. The normalized spacial score (nSPS) is 15.5. The topological polar surface area (TPSA) is 129 Å². The summed E-state index contributed by atoms with van der Waals surface area (Å²) in [6.45, 7) is 9.05. The lowest BCUT2D eigenvalue weighted by Crippen LogP contribution is -2.45. The van der Waals surface area contributed by atoms with E-state index in [0.717, 1.165) is 37.1 Å². The van der Waals surface area contributed by atoms with Crippen LogP contribution >= 0.6 is 0 Å². The summed E-state index contributed by atoms with van der Waals surface area (Å²) >= 11 is 0. The second-order valence-corrected chi connectivity index (χ2v) is 11.3. The van der Waals surface area contributed by atoms with Gasteiger partial charge in [0.15, 0.2) is 12.1 Å². The number of ether oxygens (including phenoxy) is 2. The van der Waals surface area contributed by atoms with Crippen molar-refractivity contribution in [3.63, 3.8) is 0 Å². The third kappa shape index (κ3) is 7.80. The summed E-state index contributed by atoms with van der Waals surface area (Å²) in [7, 11) is 3.57. The first-order valence-corrected chi connectivity index (χ1v) is 14.8. The number of carbonyl (C=O) groups is 2. The van der Waals surface area contributed by atoms with Crippen LogP contribution < -0.4 is 10.2 Å². The van der Waals surface area contributed by atoms with Crippen LogP contribution in [-0.4, -0.2) is 107 Å². The van der Waals surface area contributed by atoms with Gasteiger partial charge in [-0.15, -0.1) is 0 Å². The third-order valence-electron chi connectivity index (χ3n) is 6.97. The van der Waals surface area contributed by atoms with Gasteiger partial charge in [-0.05, 0) is 51.1 Å². The molecule has 12 nitrogen and oxygen atoms in total. The van der Waals surface area contributed by atoms with Crippen LogP contribution in [0.1, 0.15) is 53.1 Å². The molecule has 0 radical (unpaired) electrons. The van der Waals surface area contributed by atoms with Crippen molar-refractivity contribution >= 4 is 29.0 Å². The molecule has 0 saturated carbocycles. The number of benzene rings is 1. The van der Waals surface area contributed by atoms with Gasteiger partial charge in [-0.25, -0.2) is 13.6 Å². The highest BCUT2D eigenvalue weighted by molar-refractivity contribution is 7.82. The fourth-order valence-electron chi connectivity index (χ4n) is 4.64. The molecule has 1 fully saturated rings. The first-order valence-electron chi connectivity index (χ1n) is 13.7. The Hall–Kier alpha value is -3.10. The number of hydroxylamine groups is 2. The predicted molar refractivity (Wildman–Crippen MR) is 158 cm³/mol. The minimum atomic E-state index is -1.36. The average molecular weight is 591 g/mol. The van der Waals surface area contributed by atoms with Gasteiger partial charge in [-0.2, -0.15) is 0 Å². The van der Waals surface area contributed by atoms with Crippen molar-refractivity contribution in [2.45, 2.75) is 45.1 Å². The number of hydrogen-bond acceptors (Lipinski definition) is 8. The van der Waals surface area contributed by atoms with E-state index in [1.165, 1.54) is 7.05 Å². The number of nitrogens with one attached hydrogen (secondary N) is 1.